The van der Waals surface area contributed by atoms with Crippen molar-refractivity contribution in [2.24, 2.45) is 0 Å². The second-order valence-corrected chi connectivity index (χ2v) is 6.04. The monoisotopic (exact) mass is 307 g/mol. The lowest BCUT2D eigenvalue weighted by molar-refractivity contribution is 0.312. The molecule has 4 heteroatoms. The molecule has 0 spiro atoms. The zero-order chi connectivity index (χ0) is 15.1. The molecule has 0 bridgehead atoms. The molecule has 0 aliphatic carbocycles. The van der Waals surface area contributed by atoms with Gasteiger partial charge in [-0.2, -0.15) is 0 Å². The molecular weight excluding hydrogens is 285 g/mol. The van der Waals surface area contributed by atoms with Crippen LogP contribution in [0, 0.1) is 5.82 Å². The number of benzene rings is 1. The quantitative estimate of drug-likeness (QED) is 0.771. The molecule has 0 fully saturated rings. The summed E-state index contributed by atoms with van der Waals surface area (Å²) >= 11 is 1.72. The molecule has 2 rings (SSSR count). The SMILES string of the molecule is CCCNC(C)c1c(F)cccc1OCCc1cccs1. The van der Waals surface area contributed by atoms with Crippen molar-refractivity contribution in [1.82, 2.24) is 5.32 Å². The lowest BCUT2D eigenvalue weighted by Crippen LogP contribution is -2.21. The van der Waals surface area contributed by atoms with Gasteiger partial charge in [-0.3, -0.25) is 0 Å². The van der Waals surface area contributed by atoms with E-state index in [1.807, 2.05) is 19.1 Å². The molecule has 0 amide bonds. The Bertz CT molecular complexity index is 542. The number of nitrogens with one attached hydrogen (secondary N) is 1. The van der Waals surface area contributed by atoms with Gasteiger partial charge in [0, 0.05) is 22.9 Å². The fraction of sp³-hybridized carbons (Fsp3) is 0.412. The Kier molecular flexibility index (Phi) is 6.21. The van der Waals surface area contributed by atoms with Crippen LogP contribution in [0.25, 0.3) is 0 Å². The number of thiophene rings is 1. The van der Waals surface area contributed by atoms with Gasteiger partial charge in [-0.05, 0) is 43.5 Å². The first-order valence-corrected chi connectivity index (χ1v) is 8.27. The number of ether oxygens (including phenoxy) is 1. The van der Waals surface area contributed by atoms with E-state index in [-0.39, 0.29) is 11.9 Å². The summed E-state index contributed by atoms with van der Waals surface area (Å²) in [6.45, 7) is 5.50. The summed E-state index contributed by atoms with van der Waals surface area (Å²) in [5.74, 6) is 0.433. The lowest BCUT2D eigenvalue weighted by Gasteiger charge is -2.18. The first-order valence-electron chi connectivity index (χ1n) is 7.39. The number of hydrogen-bond acceptors (Lipinski definition) is 3. The molecule has 2 aromatic rings. The van der Waals surface area contributed by atoms with Gasteiger partial charge in [0.1, 0.15) is 11.6 Å². The van der Waals surface area contributed by atoms with Crippen LogP contribution in [0.15, 0.2) is 35.7 Å². The molecule has 0 aliphatic rings. The van der Waals surface area contributed by atoms with Gasteiger partial charge in [-0.15, -0.1) is 11.3 Å². The molecule has 0 radical (unpaired) electrons. The highest BCUT2D eigenvalue weighted by atomic mass is 32.1. The number of hydrogen-bond donors (Lipinski definition) is 1. The van der Waals surface area contributed by atoms with Crippen LogP contribution in [0.1, 0.15) is 36.8 Å². The first kappa shape index (κ1) is 16.0. The molecule has 0 aliphatic heterocycles. The van der Waals surface area contributed by atoms with Crippen molar-refractivity contribution < 1.29 is 9.13 Å². The molecule has 21 heavy (non-hydrogen) atoms. The van der Waals surface area contributed by atoms with Crippen molar-refractivity contribution in [3.8, 4) is 5.75 Å². The maximum Gasteiger partial charge on any atom is 0.131 e. The van der Waals surface area contributed by atoms with Crippen LogP contribution < -0.4 is 10.1 Å². The van der Waals surface area contributed by atoms with E-state index in [1.165, 1.54) is 10.9 Å². The van der Waals surface area contributed by atoms with Gasteiger partial charge >= 0.3 is 0 Å². The summed E-state index contributed by atoms with van der Waals surface area (Å²) in [7, 11) is 0. The van der Waals surface area contributed by atoms with Gasteiger partial charge < -0.3 is 10.1 Å². The molecule has 114 valence electrons. The van der Waals surface area contributed by atoms with Crippen LogP contribution in [-0.2, 0) is 6.42 Å². The van der Waals surface area contributed by atoms with Gasteiger partial charge in [-0.25, -0.2) is 4.39 Å². The molecule has 1 N–H and O–H groups in total. The van der Waals surface area contributed by atoms with Crippen LogP contribution in [0.5, 0.6) is 5.75 Å². The molecule has 1 unspecified atom stereocenters. The molecule has 1 aromatic carbocycles. The molecule has 0 saturated carbocycles. The standard InChI is InChI=1S/C17H22FNOS/c1-3-10-19-13(2)17-15(18)7-4-8-16(17)20-11-9-14-6-5-12-21-14/h4-8,12-13,19H,3,9-11H2,1-2H3. The molecule has 1 aromatic heterocycles. The van der Waals surface area contributed by atoms with Gasteiger partial charge in [0.15, 0.2) is 0 Å². The van der Waals surface area contributed by atoms with E-state index in [9.17, 15) is 4.39 Å². The highest BCUT2D eigenvalue weighted by molar-refractivity contribution is 7.09. The largest absolute Gasteiger partial charge is 0.493 e. The predicted octanol–water partition coefficient (Wildman–Crippen LogP) is 4.57. The summed E-state index contributed by atoms with van der Waals surface area (Å²) in [5, 5.41) is 5.37. The van der Waals surface area contributed by atoms with Crippen LogP contribution >= 0.6 is 11.3 Å². The average Bonchev–Trinajstić information content (AvgIpc) is 2.98. The number of halogens is 1. The summed E-state index contributed by atoms with van der Waals surface area (Å²) < 4.78 is 19.9. The van der Waals surface area contributed by atoms with Crippen molar-refractivity contribution >= 4 is 11.3 Å². The van der Waals surface area contributed by atoms with Gasteiger partial charge in [0.05, 0.1) is 6.61 Å². The van der Waals surface area contributed by atoms with E-state index in [4.69, 9.17) is 4.74 Å². The van der Waals surface area contributed by atoms with E-state index >= 15 is 0 Å². The van der Waals surface area contributed by atoms with Crippen molar-refractivity contribution in [3.63, 3.8) is 0 Å². The maximum absolute atomic E-state index is 14.1. The first-order chi connectivity index (χ1) is 10.2. The van der Waals surface area contributed by atoms with Crippen molar-refractivity contribution in [2.45, 2.75) is 32.7 Å². The average molecular weight is 307 g/mol. The summed E-state index contributed by atoms with van der Waals surface area (Å²) in [6, 6.07) is 9.10. The van der Waals surface area contributed by atoms with Crippen molar-refractivity contribution in [3.05, 3.63) is 52.0 Å². The van der Waals surface area contributed by atoms with Gasteiger partial charge in [0.25, 0.3) is 0 Å². The van der Waals surface area contributed by atoms with Gasteiger partial charge in [-0.1, -0.05) is 19.1 Å². The highest BCUT2D eigenvalue weighted by Crippen LogP contribution is 2.28. The number of rotatable bonds is 8. The van der Waals surface area contributed by atoms with E-state index in [2.05, 4.69) is 23.7 Å². The Morgan fingerprint density at radius 3 is 2.86 bits per heavy atom. The minimum absolute atomic E-state index is 0.0529. The maximum atomic E-state index is 14.1. The summed E-state index contributed by atoms with van der Waals surface area (Å²) in [4.78, 5) is 1.28. The van der Waals surface area contributed by atoms with E-state index in [1.54, 1.807) is 17.4 Å². The zero-order valence-corrected chi connectivity index (χ0v) is 13.4. The summed E-state index contributed by atoms with van der Waals surface area (Å²) in [5.41, 5.74) is 0.622. The second kappa shape index (κ2) is 8.15. The summed E-state index contributed by atoms with van der Waals surface area (Å²) in [6.07, 6.45) is 1.87. The van der Waals surface area contributed by atoms with Crippen LogP contribution in [0.3, 0.4) is 0 Å². The Hall–Kier alpha value is -1.39. The van der Waals surface area contributed by atoms with Crippen molar-refractivity contribution in [1.29, 1.82) is 0 Å². The topological polar surface area (TPSA) is 21.3 Å². The molecule has 1 heterocycles. The van der Waals surface area contributed by atoms with Gasteiger partial charge in [0.2, 0.25) is 0 Å². The molecule has 1 atom stereocenters. The lowest BCUT2D eigenvalue weighted by atomic mass is 10.1. The zero-order valence-electron chi connectivity index (χ0n) is 12.6. The highest BCUT2D eigenvalue weighted by Gasteiger charge is 2.16. The molecular formula is C17H22FNOS. The normalized spacial score (nSPS) is 12.3. The smallest absolute Gasteiger partial charge is 0.131 e. The Morgan fingerprint density at radius 2 is 2.14 bits per heavy atom. The van der Waals surface area contributed by atoms with E-state index < -0.39 is 0 Å². The second-order valence-electron chi connectivity index (χ2n) is 5.01. The molecule has 0 saturated heterocycles. The third kappa shape index (κ3) is 4.55. The molecule has 2 nitrogen and oxygen atoms in total. The van der Waals surface area contributed by atoms with Crippen LogP contribution in [0.2, 0.25) is 0 Å². The minimum Gasteiger partial charge on any atom is -0.493 e. The fourth-order valence-electron chi connectivity index (χ4n) is 2.24. The Balaban J connectivity index is 2.02. The Labute approximate surface area is 130 Å². The fourth-order valence-corrected chi connectivity index (χ4v) is 2.93. The minimum atomic E-state index is -0.209. The third-order valence-corrected chi connectivity index (χ3v) is 4.27. The third-order valence-electron chi connectivity index (χ3n) is 3.33. The Morgan fingerprint density at radius 1 is 1.29 bits per heavy atom. The van der Waals surface area contributed by atoms with E-state index in [0.29, 0.717) is 17.9 Å². The van der Waals surface area contributed by atoms with Crippen molar-refractivity contribution in [2.75, 3.05) is 13.2 Å². The van der Waals surface area contributed by atoms with Crippen LogP contribution in [0.4, 0.5) is 4.39 Å². The van der Waals surface area contributed by atoms with Crippen LogP contribution in [-0.4, -0.2) is 13.2 Å². The predicted molar refractivity (Wildman–Crippen MR) is 86.6 cm³/mol. The van der Waals surface area contributed by atoms with E-state index in [0.717, 1.165) is 19.4 Å².